The number of hydrogen-bond donors (Lipinski definition) is 1. The first-order chi connectivity index (χ1) is 18.1. The number of esters is 1. The van der Waals surface area contributed by atoms with Crippen molar-refractivity contribution in [3.05, 3.63) is 94.0 Å². The lowest BCUT2D eigenvalue weighted by Gasteiger charge is -2.19. The molecule has 1 aliphatic carbocycles. The van der Waals surface area contributed by atoms with E-state index in [4.69, 9.17) is 4.74 Å². The molecular formula is C28H21F3N2O5. The van der Waals surface area contributed by atoms with E-state index in [2.05, 4.69) is 5.32 Å². The predicted octanol–water partition coefficient (Wildman–Crippen LogP) is 4.34. The van der Waals surface area contributed by atoms with Gasteiger partial charge in [-0.1, -0.05) is 54.6 Å². The van der Waals surface area contributed by atoms with Crippen LogP contribution in [0.1, 0.15) is 55.9 Å². The molecule has 7 nitrogen and oxygen atoms in total. The Kier molecular flexibility index (Phi) is 6.26. The van der Waals surface area contributed by atoms with Gasteiger partial charge >= 0.3 is 18.1 Å². The third-order valence-electron chi connectivity index (χ3n) is 6.61. The minimum atomic E-state index is -5.00. The highest BCUT2D eigenvalue weighted by Gasteiger charge is 2.44. The number of halogens is 3. The highest BCUT2D eigenvalue weighted by Crippen LogP contribution is 2.39. The number of amides is 2. The smallest absolute Gasteiger partial charge is 0.464 e. The Bertz CT molecular complexity index is 1500. The van der Waals surface area contributed by atoms with Gasteiger partial charge in [-0.2, -0.15) is 13.2 Å². The van der Waals surface area contributed by atoms with Crippen LogP contribution in [0, 0.1) is 0 Å². The number of alkyl halides is 3. The second-order valence-corrected chi connectivity index (χ2v) is 8.95. The first kappa shape index (κ1) is 25.2. The van der Waals surface area contributed by atoms with Crippen molar-refractivity contribution in [2.45, 2.75) is 32.2 Å². The largest absolute Gasteiger partial charge is 0.471 e. The van der Waals surface area contributed by atoms with E-state index in [1.807, 2.05) is 0 Å². The maximum atomic E-state index is 13.5. The molecule has 1 heterocycles. The number of fused-ring (bicyclic) bond motifs is 4. The maximum Gasteiger partial charge on any atom is 0.471 e. The summed E-state index contributed by atoms with van der Waals surface area (Å²) in [5.74, 6) is -3.54. The van der Waals surface area contributed by atoms with Gasteiger partial charge in [-0.3, -0.25) is 14.4 Å². The average molecular weight is 522 g/mol. The zero-order valence-corrected chi connectivity index (χ0v) is 20.1. The Morgan fingerprint density at radius 3 is 2.34 bits per heavy atom. The van der Waals surface area contributed by atoms with Crippen molar-refractivity contribution in [1.82, 2.24) is 10.2 Å². The number of ketones is 1. The zero-order valence-electron chi connectivity index (χ0n) is 20.1. The number of hydrogen-bond acceptors (Lipinski definition) is 5. The van der Waals surface area contributed by atoms with Crippen LogP contribution in [-0.4, -0.2) is 41.2 Å². The van der Waals surface area contributed by atoms with Crippen LogP contribution in [0.3, 0.4) is 0 Å². The molecule has 1 N–H and O–H groups in total. The molecule has 194 valence electrons. The fourth-order valence-corrected chi connectivity index (χ4v) is 4.89. The molecule has 38 heavy (non-hydrogen) atoms. The summed E-state index contributed by atoms with van der Waals surface area (Å²) in [7, 11) is 0. The standard InChI is InChI=1S/C28H21F3N2O5/c1-2-38-26(36)23(15-10-11-16-13-33(14-17(16)12-15)27(37)28(29,30)31)32-25(35)21-9-5-8-20-22(21)18-6-3-4-7-19(18)24(20)34/h3-12,23H,2,13-14H2,1H3,(H,32,35). The summed E-state index contributed by atoms with van der Waals surface area (Å²) in [4.78, 5) is 51.6. The minimum absolute atomic E-state index is 0.0343. The average Bonchev–Trinajstić information content (AvgIpc) is 3.45. The highest BCUT2D eigenvalue weighted by atomic mass is 19.4. The van der Waals surface area contributed by atoms with Crippen LogP contribution in [-0.2, 0) is 27.4 Å². The molecule has 3 aromatic rings. The lowest BCUT2D eigenvalue weighted by Crippen LogP contribution is -2.37. The fraction of sp³-hybridized carbons (Fsp3) is 0.214. The van der Waals surface area contributed by atoms with E-state index in [9.17, 15) is 32.3 Å². The topological polar surface area (TPSA) is 92.8 Å². The van der Waals surface area contributed by atoms with Crippen molar-refractivity contribution in [2.75, 3.05) is 6.61 Å². The van der Waals surface area contributed by atoms with Crippen molar-refractivity contribution in [3.8, 4) is 11.1 Å². The molecule has 0 saturated heterocycles. The molecular weight excluding hydrogens is 501 g/mol. The Hall–Kier alpha value is -4.47. The zero-order chi connectivity index (χ0) is 27.2. The molecule has 2 aliphatic rings. The summed E-state index contributed by atoms with van der Waals surface area (Å²) < 4.78 is 43.9. The minimum Gasteiger partial charge on any atom is -0.464 e. The molecule has 1 atom stereocenters. The maximum absolute atomic E-state index is 13.5. The van der Waals surface area contributed by atoms with Gasteiger partial charge in [0, 0.05) is 35.3 Å². The van der Waals surface area contributed by atoms with E-state index in [1.54, 1.807) is 49.4 Å². The van der Waals surface area contributed by atoms with Gasteiger partial charge in [0.25, 0.3) is 5.91 Å². The Morgan fingerprint density at radius 1 is 0.947 bits per heavy atom. The van der Waals surface area contributed by atoms with Crippen LogP contribution in [0.5, 0.6) is 0 Å². The summed E-state index contributed by atoms with van der Waals surface area (Å²) >= 11 is 0. The summed E-state index contributed by atoms with van der Waals surface area (Å²) in [6.07, 6.45) is -5.00. The first-order valence-corrected chi connectivity index (χ1v) is 11.8. The molecule has 2 amide bonds. The highest BCUT2D eigenvalue weighted by molar-refractivity contribution is 6.24. The number of carbonyl (C=O) groups is 4. The van der Waals surface area contributed by atoms with Gasteiger partial charge in [0.2, 0.25) is 0 Å². The molecule has 0 radical (unpaired) electrons. The van der Waals surface area contributed by atoms with E-state index >= 15 is 0 Å². The molecule has 0 saturated carbocycles. The summed E-state index contributed by atoms with van der Waals surface area (Å²) in [6, 6.07) is 14.9. The molecule has 1 aliphatic heterocycles. The van der Waals surface area contributed by atoms with Crippen molar-refractivity contribution < 1.29 is 37.1 Å². The van der Waals surface area contributed by atoms with Crippen LogP contribution >= 0.6 is 0 Å². The molecule has 0 aromatic heterocycles. The number of benzene rings is 3. The first-order valence-electron chi connectivity index (χ1n) is 11.8. The van der Waals surface area contributed by atoms with E-state index in [0.717, 1.165) is 0 Å². The number of nitrogens with one attached hydrogen (secondary N) is 1. The van der Waals surface area contributed by atoms with Gasteiger partial charge < -0.3 is 15.0 Å². The third-order valence-corrected chi connectivity index (χ3v) is 6.61. The lowest BCUT2D eigenvalue weighted by atomic mass is 9.97. The summed E-state index contributed by atoms with van der Waals surface area (Å²) in [5, 5.41) is 2.67. The van der Waals surface area contributed by atoms with Crippen LogP contribution in [0.15, 0.2) is 60.7 Å². The van der Waals surface area contributed by atoms with Gasteiger partial charge in [-0.05, 0) is 35.2 Å². The number of ether oxygens (including phenoxy) is 1. The van der Waals surface area contributed by atoms with Crippen LogP contribution in [0.2, 0.25) is 0 Å². The van der Waals surface area contributed by atoms with Crippen LogP contribution in [0.4, 0.5) is 13.2 Å². The van der Waals surface area contributed by atoms with Gasteiger partial charge in [0.1, 0.15) is 0 Å². The molecule has 3 aromatic carbocycles. The molecule has 5 rings (SSSR count). The van der Waals surface area contributed by atoms with Crippen molar-refractivity contribution in [2.24, 2.45) is 0 Å². The Balaban J connectivity index is 1.46. The molecule has 0 bridgehead atoms. The lowest BCUT2D eigenvalue weighted by molar-refractivity contribution is -0.186. The van der Waals surface area contributed by atoms with Crippen molar-refractivity contribution in [1.29, 1.82) is 0 Å². The van der Waals surface area contributed by atoms with E-state index in [0.29, 0.717) is 43.8 Å². The fourth-order valence-electron chi connectivity index (χ4n) is 4.89. The van der Waals surface area contributed by atoms with E-state index in [-0.39, 0.29) is 31.0 Å². The molecule has 0 fully saturated rings. The van der Waals surface area contributed by atoms with Gasteiger partial charge in [0.15, 0.2) is 11.8 Å². The van der Waals surface area contributed by atoms with Crippen LogP contribution < -0.4 is 5.32 Å². The predicted molar refractivity (Wildman–Crippen MR) is 129 cm³/mol. The second kappa shape index (κ2) is 9.44. The number of nitrogens with zero attached hydrogens (tertiary/aromatic N) is 1. The van der Waals surface area contributed by atoms with Crippen molar-refractivity contribution in [3.63, 3.8) is 0 Å². The van der Waals surface area contributed by atoms with Gasteiger partial charge in [0.05, 0.1) is 6.61 Å². The molecule has 0 spiro atoms. The quantitative estimate of drug-likeness (QED) is 0.394. The Morgan fingerprint density at radius 2 is 1.63 bits per heavy atom. The van der Waals surface area contributed by atoms with Crippen LogP contribution in [0.25, 0.3) is 11.1 Å². The second-order valence-electron chi connectivity index (χ2n) is 8.95. The summed E-state index contributed by atoms with van der Waals surface area (Å²) in [5.41, 5.74) is 3.35. The normalized spacial score (nSPS) is 14.4. The van der Waals surface area contributed by atoms with E-state index < -0.39 is 30.0 Å². The monoisotopic (exact) mass is 522 g/mol. The molecule has 1 unspecified atom stereocenters. The summed E-state index contributed by atoms with van der Waals surface area (Å²) in [6.45, 7) is 1.14. The van der Waals surface area contributed by atoms with Gasteiger partial charge in [-0.25, -0.2) is 4.79 Å². The Labute approximate surface area is 215 Å². The number of rotatable bonds is 5. The van der Waals surface area contributed by atoms with E-state index in [1.165, 1.54) is 18.2 Å². The SMILES string of the molecule is CCOC(=O)C(NC(=O)c1cccc2c1-c1ccccc1C2=O)c1ccc2c(c1)CN(C(=O)C(F)(F)F)C2. The number of carbonyl (C=O) groups excluding carboxylic acids is 4. The van der Waals surface area contributed by atoms with Gasteiger partial charge in [-0.15, -0.1) is 0 Å². The van der Waals surface area contributed by atoms with Crippen molar-refractivity contribution >= 4 is 23.6 Å². The molecule has 10 heteroatoms. The third kappa shape index (κ3) is 4.31.